The van der Waals surface area contributed by atoms with Gasteiger partial charge in [-0.05, 0) is 67.1 Å². The fourth-order valence-corrected chi connectivity index (χ4v) is 4.89. The van der Waals surface area contributed by atoms with E-state index in [9.17, 15) is 13.2 Å². The second-order valence-electron chi connectivity index (χ2n) is 7.30. The van der Waals surface area contributed by atoms with Gasteiger partial charge in [0.15, 0.2) is 0 Å². The van der Waals surface area contributed by atoms with Crippen molar-refractivity contribution in [2.45, 2.75) is 38.0 Å². The highest BCUT2D eigenvalue weighted by Gasteiger charge is 2.17. The average Bonchev–Trinajstić information content (AvgIpc) is 2.61. The number of benzene rings is 2. The van der Waals surface area contributed by atoms with Crippen molar-refractivity contribution in [2.75, 3.05) is 30.4 Å². The molecule has 0 aliphatic carbocycles. The van der Waals surface area contributed by atoms with E-state index >= 15 is 0 Å². The molecule has 2 N–H and O–H groups in total. The van der Waals surface area contributed by atoms with Gasteiger partial charge < -0.3 is 10.2 Å². The highest BCUT2D eigenvalue weighted by molar-refractivity contribution is 7.89. The lowest BCUT2D eigenvalue weighted by atomic mass is 9.98. The highest BCUT2D eigenvalue weighted by atomic mass is 32.2. The van der Waals surface area contributed by atoms with Gasteiger partial charge in [-0.25, -0.2) is 13.1 Å². The molecule has 3 rings (SSSR count). The lowest BCUT2D eigenvalue weighted by Crippen LogP contribution is -2.27. The summed E-state index contributed by atoms with van der Waals surface area (Å²) >= 11 is 0. The van der Waals surface area contributed by atoms with E-state index in [-0.39, 0.29) is 10.8 Å². The van der Waals surface area contributed by atoms with Gasteiger partial charge in [-0.1, -0.05) is 12.1 Å². The van der Waals surface area contributed by atoms with Gasteiger partial charge in [0, 0.05) is 38.4 Å². The van der Waals surface area contributed by atoms with Gasteiger partial charge in [-0.15, -0.1) is 0 Å². The number of nitrogens with one attached hydrogen (secondary N) is 2. The van der Waals surface area contributed by atoms with Crippen LogP contribution in [-0.2, 0) is 27.7 Å². The minimum Gasteiger partial charge on any atom is -0.374 e. The fraction of sp³-hybridized carbons (Fsp3) is 0.381. The number of hydrogen-bond donors (Lipinski definition) is 2. The quantitative estimate of drug-likeness (QED) is 0.780. The summed E-state index contributed by atoms with van der Waals surface area (Å²) in [6, 6.07) is 11.2. The van der Waals surface area contributed by atoms with Crippen LogP contribution in [0.2, 0.25) is 0 Å². The Morgan fingerprint density at radius 2 is 1.96 bits per heavy atom. The third-order valence-corrected chi connectivity index (χ3v) is 6.61. The minimum absolute atomic E-state index is 0.190. The van der Waals surface area contributed by atoms with Gasteiger partial charge in [0.1, 0.15) is 0 Å². The molecule has 150 valence electrons. The molecule has 28 heavy (non-hydrogen) atoms. The smallest absolute Gasteiger partial charge is 0.240 e. The third-order valence-electron chi connectivity index (χ3n) is 4.99. The number of fused-ring (bicyclic) bond motifs is 1. The van der Waals surface area contributed by atoms with E-state index in [0.29, 0.717) is 24.2 Å². The number of nitrogens with zero attached hydrogens (tertiary/aromatic N) is 1. The van der Waals surface area contributed by atoms with Gasteiger partial charge in [-0.3, -0.25) is 4.79 Å². The van der Waals surface area contributed by atoms with Gasteiger partial charge in [0.2, 0.25) is 15.9 Å². The zero-order valence-electron chi connectivity index (χ0n) is 16.6. The number of amides is 1. The van der Waals surface area contributed by atoms with Gasteiger partial charge >= 0.3 is 0 Å². The van der Waals surface area contributed by atoms with E-state index in [2.05, 4.69) is 40.2 Å². The third kappa shape index (κ3) is 4.72. The topological polar surface area (TPSA) is 78.5 Å². The maximum absolute atomic E-state index is 12.6. The van der Waals surface area contributed by atoms with E-state index in [1.807, 2.05) is 0 Å². The Morgan fingerprint density at radius 1 is 1.18 bits per heavy atom. The maximum Gasteiger partial charge on any atom is 0.240 e. The number of aryl methyl sites for hydroxylation is 2. The molecular weight excluding hydrogens is 374 g/mol. The zero-order chi connectivity index (χ0) is 20.3. The Bertz CT molecular complexity index is 986. The second kappa shape index (κ2) is 8.32. The molecule has 6 nitrogen and oxygen atoms in total. The molecule has 1 heterocycles. The van der Waals surface area contributed by atoms with Crippen molar-refractivity contribution in [1.29, 1.82) is 0 Å². The molecule has 0 bridgehead atoms. The van der Waals surface area contributed by atoms with E-state index in [1.54, 1.807) is 19.1 Å². The summed E-state index contributed by atoms with van der Waals surface area (Å²) in [4.78, 5) is 13.6. The van der Waals surface area contributed by atoms with Gasteiger partial charge in [-0.2, -0.15) is 0 Å². The van der Waals surface area contributed by atoms with Gasteiger partial charge in [0.25, 0.3) is 0 Å². The summed E-state index contributed by atoms with van der Waals surface area (Å²) in [6.45, 7) is 4.55. The van der Waals surface area contributed by atoms with Crippen LogP contribution in [-0.4, -0.2) is 34.5 Å². The molecule has 2 aromatic carbocycles. The molecule has 2 aromatic rings. The molecule has 0 spiro atoms. The Morgan fingerprint density at radius 3 is 2.68 bits per heavy atom. The Labute approximate surface area is 167 Å². The normalized spacial score (nSPS) is 13.9. The lowest BCUT2D eigenvalue weighted by Gasteiger charge is -2.27. The van der Waals surface area contributed by atoms with Crippen molar-refractivity contribution in [3.63, 3.8) is 0 Å². The summed E-state index contributed by atoms with van der Waals surface area (Å²) in [5, 5.41) is 2.66. The second-order valence-corrected chi connectivity index (χ2v) is 9.03. The molecule has 0 atom stereocenters. The molecule has 1 amide bonds. The van der Waals surface area contributed by atoms with Gasteiger partial charge in [0.05, 0.1) is 4.90 Å². The zero-order valence-corrected chi connectivity index (χ0v) is 17.4. The molecule has 0 aromatic heterocycles. The summed E-state index contributed by atoms with van der Waals surface area (Å²) in [5.41, 5.74) is 4.91. The first-order chi connectivity index (χ1) is 13.3. The predicted octanol–water partition coefficient (Wildman–Crippen LogP) is 2.86. The first-order valence-electron chi connectivity index (χ1n) is 9.47. The largest absolute Gasteiger partial charge is 0.374 e. The number of carbonyl (C=O) groups is 1. The van der Waals surface area contributed by atoms with Crippen molar-refractivity contribution in [2.24, 2.45) is 0 Å². The first-order valence-corrected chi connectivity index (χ1v) is 11.0. The van der Waals surface area contributed by atoms with E-state index in [1.165, 1.54) is 24.2 Å². The van der Waals surface area contributed by atoms with Crippen LogP contribution in [0.5, 0.6) is 0 Å². The monoisotopic (exact) mass is 401 g/mol. The lowest BCUT2D eigenvalue weighted by molar-refractivity contribution is -0.114. The summed E-state index contributed by atoms with van der Waals surface area (Å²) in [7, 11) is -1.50. The molecule has 1 aliphatic heterocycles. The summed E-state index contributed by atoms with van der Waals surface area (Å²) < 4.78 is 28.0. The van der Waals surface area contributed by atoms with Crippen molar-refractivity contribution in [3.8, 4) is 0 Å². The van der Waals surface area contributed by atoms with E-state index in [0.717, 1.165) is 24.9 Å². The number of rotatable bonds is 6. The molecule has 0 radical (unpaired) electrons. The van der Waals surface area contributed by atoms with Crippen molar-refractivity contribution >= 4 is 27.3 Å². The van der Waals surface area contributed by atoms with Crippen LogP contribution in [0.15, 0.2) is 41.3 Å². The molecule has 0 saturated heterocycles. The summed E-state index contributed by atoms with van der Waals surface area (Å²) in [5.74, 6) is -0.190. The molecule has 1 aliphatic rings. The number of sulfonamides is 1. The Hall–Kier alpha value is -2.38. The van der Waals surface area contributed by atoms with Crippen LogP contribution in [0.4, 0.5) is 11.4 Å². The first kappa shape index (κ1) is 20.4. The number of anilines is 2. The molecule has 0 fully saturated rings. The SMILES string of the molecule is CC(=O)Nc1ccc(S(=O)(=O)NCCc2ccc3c(c2)CCCN3C)c(C)c1. The fourth-order valence-electron chi connectivity index (χ4n) is 3.63. The standard InChI is InChI=1S/C21H27N3O3S/c1-15-13-19(23-16(2)25)7-9-21(15)28(26,27)22-11-10-17-6-8-20-18(14-17)5-4-12-24(20)3/h6-9,13-14,22H,4-5,10-12H2,1-3H3,(H,23,25). The van der Waals surface area contributed by atoms with E-state index < -0.39 is 10.0 Å². The van der Waals surface area contributed by atoms with Crippen molar-refractivity contribution in [3.05, 3.63) is 53.1 Å². The molecule has 0 unspecified atom stereocenters. The summed E-state index contributed by atoms with van der Waals surface area (Å²) in [6.07, 6.45) is 2.85. The van der Waals surface area contributed by atoms with Crippen LogP contribution in [0.3, 0.4) is 0 Å². The van der Waals surface area contributed by atoms with Crippen LogP contribution in [0.1, 0.15) is 30.0 Å². The van der Waals surface area contributed by atoms with Crippen LogP contribution < -0.4 is 14.9 Å². The minimum atomic E-state index is -3.60. The van der Waals surface area contributed by atoms with Crippen LogP contribution in [0, 0.1) is 6.92 Å². The van der Waals surface area contributed by atoms with E-state index in [4.69, 9.17) is 0 Å². The van der Waals surface area contributed by atoms with Crippen LogP contribution in [0.25, 0.3) is 0 Å². The molecule has 0 saturated carbocycles. The van der Waals surface area contributed by atoms with Crippen molar-refractivity contribution in [1.82, 2.24) is 4.72 Å². The molecule has 7 heteroatoms. The predicted molar refractivity (Wildman–Crippen MR) is 112 cm³/mol. The number of hydrogen-bond acceptors (Lipinski definition) is 4. The average molecular weight is 402 g/mol. The van der Waals surface area contributed by atoms with Crippen molar-refractivity contribution < 1.29 is 13.2 Å². The highest BCUT2D eigenvalue weighted by Crippen LogP contribution is 2.27. The molecular formula is C21H27N3O3S. The maximum atomic E-state index is 12.6. The van der Waals surface area contributed by atoms with Crippen LogP contribution >= 0.6 is 0 Å². The number of carbonyl (C=O) groups excluding carboxylic acids is 1. The Balaban J connectivity index is 1.65. The Kier molecular flexibility index (Phi) is 6.05.